The van der Waals surface area contributed by atoms with Crippen molar-refractivity contribution in [3.63, 3.8) is 0 Å². The molecule has 0 bridgehead atoms. The van der Waals surface area contributed by atoms with Crippen molar-refractivity contribution in [1.82, 2.24) is 30.1 Å². The van der Waals surface area contributed by atoms with Crippen molar-refractivity contribution < 1.29 is 4.39 Å². The third-order valence-corrected chi connectivity index (χ3v) is 6.53. The van der Waals surface area contributed by atoms with Crippen LogP contribution in [0.25, 0.3) is 39.1 Å². The number of imidazole rings is 1. The maximum Gasteiger partial charge on any atom is 0.159 e. The van der Waals surface area contributed by atoms with Crippen molar-refractivity contribution in [2.24, 2.45) is 5.73 Å². The fourth-order valence-electron chi connectivity index (χ4n) is 4.65. The number of rotatable bonds is 3. The molecule has 0 fully saturated rings. The highest BCUT2D eigenvalue weighted by molar-refractivity contribution is 5.96. The molecule has 0 radical (unpaired) electrons. The number of fused-ring (bicyclic) bond motifs is 2. The summed E-state index contributed by atoms with van der Waals surface area (Å²) in [5.74, 6) is 0.650. The average Bonchev–Trinajstić information content (AvgIpc) is 3.40. The third-order valence-electron chi connectivity index (χ3n) is 6.53. The highest BCUT2D eigenvalue weighted by Crippen LogP contribution is 2.37. The van der Waals surface area contributed by atoms with Gasteiger partial charge in [-0.15, -0.1) is 0 Å². The zero-order valence-electron chi connectivity index (χ0n) is 19.4. The van der Waals surface area contributed by atoms with Crippen LogP contribution in [0.3, 0.4) is 0 Å². The van der Waals surface area contributed by atoms with Gasteiger partial charge in [-0.1, -0.05) is 18.2 Å². The molecule has 0 spiro atoms. The van der Waals surface area contributed by atoms with Crippen LogP contribution in [-0.4, -0.2) is 35.8 Å². The van der Waals surface area contributed by atoms with E-state index in [1.165, 1.54) is 6.33 Å². The molecule has 1 unspecified atom stereocenters. The number of benzene rings is 1. The molecule has 4 aromatic rings. The number of aryl methyl sites for hydroxylation is 1. The lowest BCUT2D eigenvalue weighted by molar-refractivity contribution is 0.259. The Kier molecular flexibility index (Phi) is 4.77. The van der Waals surface area contributed by atoms with E-state index >= 15 is 0 Å². The summed E-state index contributed by atoms with van der Waals surface area (Å²) in [6, 6.07) is 4.16. The van der Waals surface area contributed by atoms with Gasteiger partial charge in [0.2, 0.25) is 0 Å². The Bertz CT molecular complexity index is 1580. The van der Waals surface area contributed by atoms with Gasteiger partial charge < -0.3 is 10.7 Å². The van der Waals surface area contributed by atoms with Crippen molar-refractivity contribution >= 4 is 16.5 Å². The molecule has 2 aliphatic carbocycles. The summed E-state index contributed by atoms with van der Waals surface area (Å²) < 4.78 is 14.3. The maximum absolute atomic E-state index is 14.3. The largest absolute Gasteiger partial charge is 0.402 e. The molecule has 0 saturated heterocycles. The number of aromatic amines is 2. The summed E-state index contributed by atoms with van der Waals surface area (Å²) in [4.78, 5) is 16.7. The van der Waals surface area contributed by atoms with Crippen molar-refractivity contribution in [2.45, 2.75) is 32.4 Å². The van der Waals surface area contributed by atoms with Gasteiger partial charge in [0.15, 0.2) is 5.82 Å². The smallest absolute Gasteiger partial charge is 0.159 e. The lowest BCUT2D eigenvalue weighted by Crippen LogP contribution is -2.15. The Hall–Kier alpha value is -4.33. The van der Waals surface area contributed by atoms with Crippen molar-refractivity contribution in [2.75, 3.05) is 0 Å². The molecular weight excluding hydrogens is 441 g/mol. The monoisotopic (exact) mass is 465 g/mol. The van der Waals surface area contributed by atoms with E-state index in [9.17, 15) is 4.39 Å². The molecule has 1 aromatic carbocycles. The molecule has 0 amide bonds. The van der Waals surface area contributed by atoms with Crippen LogP contribution in [0.2, 0.25) is 0 Å². The van der Waals surface area contributed by atoms with Gasteiger partial charge in [0.1, 0.15) is 17.7 Å². The molecule has 3 aromatic heterocycles. The van der Waals surface area contributed by atoms with E-state index in [1.54, 1.807) is 25.4 Å². The Morgan fingerprint density at radius 2 is 1.94 bits per heavy atom. The Labute approximate surface area is 201 Å². The number of halogens is 1. The van der Waals surface area contributed by atoms with Crippen LogP contribution in [-0.2, 0) is 6.42 Å². The predicted molar refractivity (Wildman–Crippen MR) is 135 cm³/mol. The molecule has 0 aliphatic heterocycles. The van der Waals surface area contributed by atoms with Crippen molar-refractivity contribution in [3.05, 3.63) is 89.5 Å². The standard InChI is InChI=1S/C27H24FN7/c1-15-9-22-21(11-20(15)17-12-30-14-31-13-17)25(35-34-22)26-32-23-10-18(29)3-4-19(24(23)33-26)16-5-7-27(2,28)8-6-16/h3-7,9,11-14H,8,10,29H2,1-2H3,(H,32,33)(H,34,35). The van der Waals surface area contributed by atoms with Crippen LogP contribution in [0.5, 0.6) is 0 Å². The van der Waals surface area contributed by atoms with Crippen LogP contribution in [0.15, 0.2) is 72.5 Å². The van der Waals surface area contributed by atoms with Gasteiger partial charge in [-0.2, -0.15) is 5.10 Å². The summed E-state index contributed by atoms with van der Waals surface area (Å²) >= 11 is 0. The minimum atomic E-state index is -1.34. The molecule has 6 rings (SSSR count). The number of nitrogens with zero attached hydrogens (tertiary/aromatic N) is 4. The average molecular weight is 466 g/mol. The molecule has 174 valence electrons. The summed E-state index contributed by atoms with van der Waals surface area (Å²) in [5.41, 5.74) is 13.9. The molecule has 1 atom stereocenters. The van der Waals surface area contributed by atoms with Gasteiger partial charge in [-0.25, -0.2) is 19.3 Å². The van der Waals surface area contributed by atoms with Crippen LogP contribution >= 0.6 is 0 Å². The SMILES string of the molecule is Cc1cc2[nH]nc(-c3nc4c([nH]3)CC(N)=CC=C4C3=CCC(C)(F)C=C3)c2cc1-c1cncnc1. The van der Waals surface area contributed by atoms with E-state index < -0.39 is 5.67 Å². The van der Waals surface area contributed by atoms with Crippen molar-refractivity contribution in [3.8, 4) is 22.6 Å². The maximum atomic E-state index is 14.3. The van der Waals surface area contributed by atoms with Crippen LogP contribution in [0.4, 0.5) is 4.39 Å². The van der Waals surface area contributed by atoms with E-state index in [0.717, 1.165) is 61.5 Å². The highest BCUT2D eigenvalue weighted by Gasteiger charge is 2.26. The fourth-order valence-corrected chi connectivity index (χ4v) is 4.65. The topological polar surface area (TPSA) is 109 Å². The van der Waals surface area contributed by atoms with Gasteiger partial charge in [-0.3, -0.25) is 5.10 Å². The normalized spacial score (nSPS) is 19.7. The molecule has 7 nitrogen and oxygen atoms in total. The number of nitrogens with two attached hydrogens (primary N) is 1. The van der Waals surface area contributed by atoms with E-state index in [1.807, 2.05) is 24.3 Å². The highest BCUT2D eigenvalue weighted by atomic mass is 19.1. The van der Waals surface area contributed by atoms with Gasteiger partial charge in [0, 0.05) is 53.1 Å². The summed E-state index contributed by atoms with van der Waals surface area (Å²) in [5, 5.41) is 8.67. The molecule has 35 heavy (non-hydrogen) atoms. The predicted octanol–water partition coefficient (Wildman–Crippen LogP) is 5.12. The molecule has 2 aliphatic rings. The quantitative estimate of drug-likeness (QED) is 0.389. The molecule has 4 N–H and O–H groups in total. The van der Waals surface area contributed by atoms with Gasteiger partial charge in [0.05, 0.1) is 11.2 Å². The number of alkyl halides is 1. The number of aromatic nitrogens is 6. The van der Waals surface area contributed by atoms with E-state index in [0.29, 0.717) is 18.7 Å². The van der Waals surface area contributed by atoms with Gasteiger partial charge in [-0.05, 0) is 54.8 Å². The second kappa shape index (κ2) is 7.87. The fraction of sp³-hybridized carbons (Fsp3) is 0.185. The minimum absolute atomic E-state index is 0.317. The minimum Gasteiger partial charge on any atom is -0.402 e. The number of nitrogens with one attached hydrogen (secondary N) is 2. The summed E-state index contributed by atoms with van der Waals surface area (Å²) in [7, 11) is 0. The Balaban J connectivity index is 1.46. The first kappa shape index (κ1) is 21.2. The van der Waals surface area contributed by atoms with E-state index in [2.05, 4.69) is 44.2 Å². The zero-order chi connectivity index (χ0) is 24.2. The van der Waals surface area contributed by atoms with Gasteiger partial charge in [0.25, 0.3) is 0 Å². The Morgan fingerprint density at radius 1 is 1.11 bits per heavy atom. The first-order valence-electron chi connectivity index (χ1n) is 11.5. The number of H-pyrrole nitrogens is 2. The van der Waals surface area contributed by atoms with Crippen molar-refractivity contribution in [1.29, 1.82) is 0 Å². The number of hydrogen-bond donors (Lipinski definition) is 3. The lowest BCUT2D eigenvalue weighted by Gasteiger charge is -2.19. The number of allylic oxidation sites excluding steroid dienone is 8. The second-order valence-corrected chi connectivity index (χ2v) is 9.30. The second-order valence-electron chi connectivity index (χ2n) is 9.30. The van der Waals surface area contributed by atoms with Crippen LogP contribution < -0.4 is 5.73 Å². The zero-order valence-corrected chi connectivity index (χ0v) is 19.4. The Morgan fingerprint density at radius 3 is 2.71 bits per heavy atom. The molecule has 3 heterocycles. The van der Waals surface area contributed by atoms with E-state index in [4.69, 9.17) is 10.7 Å². The van der Waals surface area contributed by atoms with E-state index in [-0.39, 0.29) is 0 Å². The summed E-state index contributed by atoms with van der Waals surface area (Å²) in [6.07, 6.45) is 15.2. The third kappa shape index (κ3) is 3.77. The molecule has 0 saturated carbocycles. The summed E-state index contributed by atoms with van der Waals surface area (Å²) in [6.45, 7) is 3.63. The lowest BCUT2D eigenvalue weighted by atomic mass is 9.90. The van der Waals surface area contributed by atoms with Crippen LogP contribution in [0, 0.1) is 6.92 Å². The van der Waals surface area contributed by atoms with Crippen LogP contribution in [0.1, 0.15) is 30.3 Å². The van der Waals surface area contributed by atoms with Gasteiger partial charge >= 0.3 is 0 Å². The molecule has 8 heteroatoms. The number of hydrogen-bond acceptors (Lipinski definition) is 5. The molecular formula is C27H24FN7. The first-order valence-corrected chi connectivity index (χ1v) is 11.5. The first-order chi connectivity index (χ1) is 16.9.